The third kappa shape index (κ3) is 4.10. The standard InChI is InChI=1S/C17H25N5O2/c1-21(6-4-13-9-19-20-10-13)17(24)15-7-16(23)22(12-15)11-14-3-2-5-18-8-14/h2-3,5,8,13,15,19-20H,4,6-7,9-12H2,1H3. The van der Waals surface area contributed by atoms with Crippen molar-refractivity contribution >= 4 is 11.8 Å². The molecule has 2 aliphatic rings. The van der Waals surface area contributed by atoms with Crippen LogP contribution in [0, 0.1) is 11.8 Å². The van der Waals surface area contributed by atoms with Gasteiger partial charge in [-0.2, -0.15) is 0 Å². The van der Waals surface area contributed by atoms with Crippen molar-refractivity contribution in [2.45, 2.75) is 19.4 Å². The third-order valence-corrected chi connectivity index (χ3v) is 4.82. The van der Waals surface area contributed by atoms with Gasteiger partial charge < -0.3 is 9.80 Å². The minimum absolute atomic E-state index is 0.0507. The SMILES string of the molecule is CN(CCC1CNNC1)C(=O)C1CC(=O)N(Cc2cccnc2)C1. The topological polar surface area (TPSA) is 77.6 Å². The van der Waals surface area contributed by atoms with Gasteiger partial charge in [0.15, 0.2) is 0 Å². The monoisotopic (exact) mass is 331 g/mol. The molecule has 1 atom stereocenters. The molecule has 0 saturated carbocycles. The van der Waals surface area contributed by atoms with Crippen LogP contribution in [-0.2, 0) is 16.1 Å². The number of amides is 2. The lowest BCUT2D eigenvalue weighted by atomic mass is 10.0. The van der Waals surface area contributed by atoms with E-state index in [1.165, 1.54) is 0 Å². The van der Waals surface area contributed by atoms with E-state index in [9.17, 15) is 9.59 Å². The number of aromatic nitrogens is 1. The van der Waals surface area contributed by atoms with Crippen LogP contribution >= 0.6 is 0 Å². The number of hydrogen-bond donors (Lipinski definition) is 2. The summed E-state index contributed by atoms with van der Waals surface area (Å²) in [5.74, 6) is 0.470. The maximum Gasteiger partial charge on any atom is 0.227 e. The van der Waals surface area contributed by atoms with Crippen LogP contribution in [0.2, 0.25) is 0 Å². The molecule has 0 bridgehead atoms. The van der Waals surface area contributed by atoms with E-state index in [1.54, 1.807) is 22.2 Å². The van der Waals surface area contributed by atoms with E-state index < -0.39 is 0 Å². The van der Waals surface area contributed by atoms with Crippen molar-refractivity contribution < 1.29 is 9.59 Å². The van der Waals surface area contributed by atoms with Gasteiger partial charge in [0.1, 0.15) is 0 Å². The largest absolute Gasteiger partial charge is 0.345 e. The number of nitrogens with zero attached hydrogens (tertiary/aromatic N) is 3. The molecule has 2 saturated heterocycles. The van der Waals surface area contributed by atoms with E-state index in [1.807, 2.05) is 19.2 Å². The summed E-state index contributed by atoms with van der Waals surface area (Å²) >= 11 is 0. The molecule has 2 fully saturated rings. The van der Waals surface area contributed by atoms with Crippen molar-refractivity contribution in [3.05, 3.63) is 30.1 Å². The van der Waals surface area contributed by atoms with Gasteiger partial charge in [-0.1, -0.05) is 6.07 Å². The molecule has 1 unspecified atom stereocenters. The molecule has 24 heavy (non-hydrogen) atoms. The molecular formula is C17H25N5O2. The second-order valence-corrected chi connectivity index (χ2v) is 6.71. The fraction of sp³-hybridized carbons (Fsp3) is 0.588. The van der Waals surface area contributed by atoms with E-state index in [2.05, 4.69) is 15.8 Å². The van der Waals surface area contributed by atoms with Crippen LogP contribution in [-0.4, -0.2) is 59.8 Å². The van der Waals surface area contributed by atoms with Crippen molar-refractivity contribution in [2.24, 2.45) is 11.8 Å². The number of hydrogen-bond acceptors (Lipinski definition) is 5. The second-order valence-electron chi connectivity index (χ2n) is 6.71. The molecule has 2 N–H and O–H groups in total. The Morgan fingerprint density at radius 1 is 1.42 bits per heavy atom. The van der Waals surface area contributed by atoms with Crippen LogP contribution in [0.5, 0.6) is 0 Å². The van der Waals surface area contributed by atoms with Crippen LogP contribution < -0.4 is 10.9 Å². The highest BCUT2D eigenvalue weighted by molar-refractivity contribution is 5.89. The fourth-order valence-electron chi connectivity index (χ4n) is 3.31. The highest BCUT2D eigenvalue weighted by atomic mass is 16.2. The summed E-state index contributed by atoms with van der Waals surface area (Å²) in [7, 11) is 1.84. The smallest absolute Gasteiger partial charge is 0.227 e. The average molecular weight is 331 g/mol. The van der Waals surface area contributed by atoms with Crippen LogP contribution in [0.1, 0.15) is 18.4 Å². The third-order valence-electron chi connectivity index (χ3n) is 4.82. The highest BCUT2D eigenvalue weighted by Gasteiger charge is 2.35. The summed E-state index contributed by atoms with van der Waals surface area (Å²) in [6, 6.07) is 3.81. The van der Waals surface area contributed by atoms with Gasteiger partial charge in [-0.3, -0.25) is 25.4 Å². The molecule has 1 aromatic rings. The maximum atomic E-state index is 12.6. The first-order valence-corrected chi connectivity index (χ1v) is 8.51. The zero-order valence-electron chi connectivity index (χ0n) is 14.1. The van der Waals surface area contributed by atoms with Crippen molar-refractivity contribution in [1.29, 1.82) is 0 Å². The van der Waals surface area contributed by atoms with Crippen LogP contribution in [0.15, 0.2) is 24.5 Å². The fourth-order valence-corrected chi connectivity index (χ4v) is 3.31. The minimum atomic E-state index is -0.223. The van der Waals surface area contributed by atoms with Crippen LogP contribution in [0.4, 0.5) is 0 Å². The molecule has 3 heterocycles. The number of likely N-dealkylation sites (tertiary alicyclic amines) is 1. The molecule has 130 valence electrons. The number of carbonyl (C=O) groups excluding carboxylic acids is 2. The summed E-state index contributed by atoms with van der Waals surface area (Å²) in [5.41, 5.74) is 7.20. The number of rotatable bonds is 6. The Morgan fingerprint density at radius 3 is 2.92 bits per heavy atom. The molecule has 7 nitrogen and oxygen atoms in total. The van der Waals surface area contributed by atoms with Crippen LogP contribution in [0.3, 0.4) is 0 Å². The van der Waals surface area contributed by atoms with E-state index in [4.69, 9.17) is 0 Å². The molecule has 2 aliphatic heterocycles. The molecule has 0 aliphatic carbocycles. The zero-order chi connectivity index (χ0) is 16.9. The van der Waals surface area contributed by atoms with E-state index in [0.29, 0.717) is 25.4 Å². The minimum Gasteiger partial charge on any atom is -0.345 e. The van der Waals surface area contributed by atoms with E-state index in [0.717, 1.165) is 31.6 Å². The number of hydrazine groups is 1. The highest BCUT2D eigenvalue weighted by Crippen LogP contribution is 2.22. The Bertz CT molecular complexity index is 574. The van der Waals surface area contributed by atoms with Crippen molar-refractivity contribution in [2.75, 3.05) is 33.2 Å². The van der Waals surface area contributed by atoms with Crippen molar-refractivity contribution in [3.63, 3.8) is 0 Å². The lowest BCUT2D eigenvalue weighted by Crippen LogP contribution is -2.36. The first kappa shape index (κ1) is 16.9. The number of nitrogens with one attached hydrogen (secondary N) is 2. The predicted octanol–water partition coefficient (Wildman–Crippen LogP) is 0.00260. The quantitative estimate of drug-likeness (QED) is 0.767. The average Bonchev–Trinajstić information content (AvgIpc) is 3.23. The van der Waals surface area contributed by atoms with Gasteiger partial charge in [-0.15, -0.1) is 0 Å². The van der Waals surface area contributed by atoms with Crippen LogP contribution in [0.25, 0.3) is 0 Å². The Hall–Kier alpha value is -1.99. The summed E-state index contributed by atoms with van der Waals surface area (Å²) < 4.78 is 0. The van der Waals surface area contributed by atoms with Gasteiger partial charge >= 0.3 is 0 Å². The van der Waals surface area contributed by atoms with Gasteiger partial charge in [-0.25, -0.2) is 0 Å². The summed E-state index contributed by atoms with van der Waals surface area (Å²) in [4.78, 5) is 32.4. The molecule has 0 spiro atoms. The van der Waals surface area contributed by atoms with Gasteiger partial charge in [0, 0.05) is 58.6 Å². The predicted molar refractivity (Wildman–Crippen MR) is 89.5 cm³/mol. The molecule has 7 heteroatoms. The Morgan fingerprint density at radius 2 is 2.21 bits per heavy atom. The van der Waals surface area contributed by atoms with Crippen molar-refractivity contribution in [1.82, 2.24) is 25.6 Å². The van der Waals surface area contributed by atoms with Gasteiger partial charge in [0.25, 0.3) is 0 Å². The zero-order valence-corrected chi connectivity index (χ0v) is 14.1. The molecular weight excluding hydrogens is 306 g/mol. The Kier molecular flexibility index (Phi) is 5.42. The molecule has 1 aromatic heterocycles. The Balaban J connectivity index is 1.49. The lowest BCUT2D eigenvalue weighted by molar-refractivity contribution is -0.134. The van der Waals surface area contributed by atoms with E-state index in [-0.39, 0.29) is 17.7 Å². The number of pyridine rings is 1. The first-order valence-electron chi connectivity index (χ1n) is 8.51. The van der Waals surface area contributed by atoms with Gasteiger partial charge in [0.05, 0.1) is 5.92 Å². The molecule has 0 radical (unpaired) electrons. The second kappa shape index (κ2) is 7.72. The normalized spacial score (nSPS) is 21.5. The summed E-state index contributed by atoms with van der Waals surface area (Å²) in [6.07, 6.45) is 4.77. The Labute approximate surface area is 142 Å². The number of carbonyl (C=O) groups is 2. The molecule has 2 amide bonds. The summed E-state index contributed by atoms with van der Waals surface area (Å²) in [5, 5.41) is 0. The molecule has 3 rings (SSSR count). The van der Waals surface area contributed by atoms with E-state index >= 15 is 0 Å². The van der Waals surface area contributed by atoms with Crippen molar-refractivity contribution in [3.8, 4) is 0 Å². The molecule has 0 aromatic carbocycles. The summed E-state index contributed by atoms with van der Waals surface area (Å²) in [6.45, 7) is 3.66. The van der Waals surface area contributed by atoms with Gasteiger partial charge in [0.2, 0.25) is 11.8 Å². The lowest BCUT2D eigenvalue weighted by Gasteiger charge is -2.22. The first-order chi connectivity index (χ1) is 11.6. The van der Waals surface area contributed by atoms with Gasteiger partial charge in [-0.05, 0) is 24.0 Å². The maximum absolute atomic E-state index is 12.6.